The van der Waals surface area contributed by atoms with Gasteiger partial charge in [-0.2, -0.15) is 0 Å². The van der Waals surface area contributed by atoms with Crippen LogP contribution in [0.1, 0.15) is 59.6 Å². The summed E-state index contributed by atoms with van der Waals surface area (Å²) in [5.74, 6) is 0.347. The SMILES string of the molecule is CCCC1C[C@@]2(c3ccc(C)cc3)OO[C@]1(c1ccc(C)cc1)c1ccccc12. The van der Waals surface area contributed by atoms with E-state index in [4.69, 9.17) is 9.78 Å². The zero-order chi connectivity index (χ0) is 20.1. The molecule has 0 N–H and O–H groups in total. The minimum Gasteiger partial charge on any atom is -0.219 e. The summed E-state index contributed by atoms with van der Waals surface area (Å²) < 4.78 is 0. The van der Waals surface area contributed by atoms with Crippen molar-refractivity contribution in [1.82, 2.24) is 0 Å². The van der Waals surface area contributed by atoms with Crippen LogP contribution in [0.3, 0.4) is 0 Å². The van der Waals surface area contributed by atoms with Crippen molar-refractivity contribution in [2.75, 3.05) is 0 Å². The van der Waals surface area contributed by atoms with Gasteiger partial charge < -0.3 is 0 Å². The first-order valence-corrected chi connectivity index (χ1v) is 10.7. The van der Waals surface area contributed by atoms with Crippen LogP contribution in [0.25, 0.3) is 0 Å². The fraction of sp³-hybridized carbons (Fsp3) is 0.333. The second kappa shape index (κ2) is 6.83. The van der Waals surface area contributed by atoms with E-state index in [1.807, 2.05) is 0 Å². The lowest BCUT2D eigenvalue weighted by Crippen LogP contribution is -2.57. The molecular weight excluding hydrogens is 356 g/mol. The van der Waals surface area contributed by atoms with E-state index in [1.54, 1.807) is 0 Å². The highest BCUT2D eigenvalue weighted by Gasteiger charge is 2.61. The molecule has 0 saturated carbocycles. The molecule has 0 aromatic heterocycles. The van der Waals surface area contributed by atoms with Gasteiger partial charge in [0.2, 0.25) is 0 Å². The van der Waals surface area contributed by atoms with Crippen LogP contribution in [-0.4, -0.2) is 0 Å². The third-order valence-corrected chi connectivity index (χ3v) is 6.82. The summed E-state index contributed by atoms with van der Waals surface area (Å²) in [6.45, 7) is 6.51. The molecule has 2 bridgehead atoms. The lowest BCUT2D eigenvalue weighted by atomic mass is 9.59. The van der Waals surface area contributed by atoms with Crippen molar-refractivity contribution < 1.29 is 9.78 Å². The Morgan fingerprint density at radius 3 is 1.97 bits per heavy atom. The summed E-state index contributed by atoms with van der Waals surface area (Å²) in [6.07, 6.45) is 3.14. The monoisotopic (exact) mass is 384 g/mol. The first-order chi connectivity index (χ1) is 14.1. The Labute approximate surface area is 173 Å². The quantitative estimate of drug-likeness (QED) is 0.474. The van der Waals surface area contributed by atoms with Crippen LogP contribution < -0.4 is 0 Å². The van der Waals surface area contributed by atoms with Crippen molar-refractivity contribution in [3.8, 4) is 0 Å². The molecule has 1 unspecified atom stereocenters. The number of rotatable bonds is 4. The molecule has 0 amide bonds. The molecule has 2 aliphatic heterocycles. The molecule has 1 aliphatic carbocycles. The van der Waals surface area contributed by atoms with Crippen LogP contribution in [0.2, 0.25) is 0 Å². The summed E-state index contributed by atoms with van der Waals surface area (Å²) >= 11 is 0. The van der Waals surface area contributed by atoms with Gasteiger partial charge in [0.05, 0.1) is 0 Å². The third kappa shape index (κ3) is 2.63. The zero-order valence-corrected chi connectivity index (χ0v) is 17.4. The number of hydrogen-bond donors (Lipinski definition) is 0. The van der Waals surface area contributed by atoms with Crippen LogP contribution in [0.5, 0.6) is 0 Å². The summed E-state index contributed by atoms with van der Waals surface area (Å²) in [5, 5.41) is 0. The molecule has 0 radical (unpaired) electrons. The summed E-state index contributed by atoms with van der Waals surface area (Å²) in [7, 11) is 0. The molecule has 1 saturated heterocycles. The Hall–Kier alpha value is -2.42. The van der Waals surface area contributed by atoms with E-state index >= 15 is 0 Å². The largest absolute Gasteiger partial charge is 0.219 e. The van der Waals surface area contributed by atoms with Gasteiger partial charge in [0.25, 0.3) is 0 Å². The number of aryl methyl sites for hydroxylation is 2. The van der Waals surface area contributed by atoms with E-state index in [1.165, 1.54) is 33.4 Å². The van der Waals surface area contributed by atoms with Gasteiger partial charge in [0, 0.05) is 5.92 Å². The summed E-state index contributed by atoms with van der Waals surface area (Å²) in [4.78, 5) is 12.9. The van der Waals surface area contributed by atoms with Crippen molar-refractivity contribution in [3.63, 3.8) is 0 Å². The highest BCUT2D eigenvalue weighted by atomic mass is 17.2. The predicted molar refractivity (Wildman–Crippen MR) is 116 cm³/mol. The molecule has 1 fully saturated rings. The fourth-order valence-corrected chi connectivity index (χ4v) is 5.35. The van der Waals surface area contributed by atoms with E-state index in [-0.39, 0.29) is 0 Å². The van der Waals surface area contributed by atoms with Gasteiger partial charge in [-0.25, -0.2) is 9.78 Å². The Balaban J connectivity index is 1.76. The van der Waals surface area contributed by atoms with Gasteiger partial charge in [-0.1, -0.05) is 97.3 Å². The van der Waals surface area contributed by atoms with Crippen LogP contribution in [0.4, 0.5) is 0 Å². The molecule has 6 rings (SSSR count). The summed E-state index contributed by atoms with van der Waals surface area (Å²) in [6, 6.07) is 26.2. The molecule has 3 aliphatic rings. The molecular formula is C27H28O2. The van der Waals surface area contributed by atoms with E-state index in [9.17, 15) is 0 Å². The zero-order valence-electron chi connectivity index (χ0n) is 17.4. The lowest BCUT2D eigenvalue weighted by Gasteiger charge is -2.57. The average Bonchev–Trinajstić information content (AvgIpc) is 2.76. The van der Waals surface area contributed by atoms with Crippen molar-refractivity contribution in [3.05, 3.63) is 106 Å². The Kier molecular flexibility index (Phi) is 4.38. The summed E-state index contributed by atoms with van der Waals surface area (Å²) in [5.41, 5.74) is 6.27. The maximum Gasteiger partial charge on any atom is 0.157 e. The third-order valence-electron chi connectivity index (χ3n) is 6.82. The highest BCUT2D eigenvalue weighted by Crippen LogP contribution is 2.61. The standard InChI is InChI=1S/C27H28O2/c1-4-7-23-18-26(21-14-10-19(2)11-15-21)24-8-5-6-9-25(24)27(23,29-28-26)22-16-12-20(3)13-17-22/h5-6,8-17,23H,4,7,18H2,1-3H3/t23?,26-,27-/m0/s1. The van der Waals surface area contributed by atoms with Gasteiger partial charge in [0.15, 0.2) is 11.2 Å². The molecule has 2 nitrogen and oxygen atoms in total. The lowest BCUT2D eigenvalue weighted by molar-refractivity contribution is -0.458. The molecule has 2 heteroatoms. The average molecular weight is 385 g/mol. The van der Waals surface area contributed by atoms with Crippen LogP contribution in [0, 0.1) is 19.8 Å². The first-order valence-electron chi connectivity index (χ1n) is 10.7. The molecule has 29 heavy (non-hydrogen) atoms. The second-order valence-electron chi connectivity index (χ2n) is 8.70. The Bertz CT molecular complexity index is 1020. The molecule has 148 valence electrons. The van der Waals surface area contributed by atoms with Gasteiger partial charge in [0.1, 0.15) is 0 Å². The fourth-order valence-electron chi connectivity index (χ4n) is 5.35. The Morgan fingerprint density at radius 1 is 0.759 bits per heavy atom. The van der Waals surface area contributed by atoms with Crippen molar-refractivity contribution in [2.24, 2.45) is 5.92 Å². The normalized spacial score (nSPS) is 27.6. The van der Waals surface area contributed by atoms with Crippen LogP contribution >= 0.6 is 0 Å². The molecule has 3 aromatic rings. The number of hydrogen-bond acceptors (Lipinski definition) is 2. The highest BCUT2D eigenvalue weighted by molar-refractivity contribution is 5.53. The van der Waals surface area contributed by atoms with Gasteiger partial charge in [-0.05, 0) is 48.9 Å². The van der Waals surface area contributed by atoms with Crippen molar-refractivity contribution in [1.29, 1.82) is 0 Å². The van der Waals surface area contributed by atoms with Crippen molar-refractivity contribution >= 4 is 0 Å². The van der Waals surface area contributed by atoms with Gasteiger partial charge >= 0.3 is 0 Å². The van der Waals surface area contributed by atoms with E-state index in [0.29, 0.717) is 5.92 Å². The minimum atomic E-state index is -0.549. The molecule has 3 atom stereocenters. The molecule has 0 spiro atoms. The van der Waals surface area contributed by atoms with Crippen LogP contribution in [0.15, 0.2) is 72.8 Å². The second-order valence-corrected chi connectivity index (χ2v) is 8.70. The first kappa shape index (κ1) is 18.6. The van der Waals surface area contributed by atoms with Crippen LogP contribution in [-0.2, 0) is 21.0 Å². The molecule has 2 heterocycles. The van der Waals surface area contributed by atoms with Crippen molar-refractivity contribution in [2.45, 2.75) is 51.2 Å². The van der Waals surface area contributed by atoms with E-state index < -0.39 is 11.2 Å². The molecule has 3 aromatic carbocycles. The number of fused-ring (bicyclic) bond motifs is 2. The van der Waals surface area contributed by atoms with Gasteiger partial charge in [-0.15, -0.1) is 0 Å². The number of benzene rings is 3. The minimum absolute atomic E-state index is 0.347. The maximum absolute atomic E-state index is 6.47. The topological polar surface area (TPSA) is 18.5 Å². The van der Waals surface area contributed by atoms with E-state index in [0.717, 1.165) is 19.3 Å². The van der Waals surface area contributed by atoms with E-state index in [2.05, 4.69) is 93.6 Å². The Morgan fingerprint density at radius 2 is 1.34 bits per heavy atom. The smallest absolute Gasteiger partial charge is 0.157 e. The maximum atomic E-state index is 6.47. The predicted octanol–water partition coefficient (Wildman–Crippen LogP) is 6.57. The van der Waals surface area contributed by atoms with Gasteiger partial charge in [-0.3, -0.25) is 0 Å².